The maximum absolute atomic E-state index is 11.4. The average molecular weight is 280 g/mol. The fraction of sp³-hybridized carbons (Fsp3) is 0.300. The SMILES string of the molecule is O=C(NCCn1cc(C(=O)O)nn1)NCc1ccon1. The molecule has 3 N–H and O–H groups in total. The highest BCUT2D eigenvalue weighted by molar-refractivity contribution is 5.84. The van der Waals surface area contributed by atoms with Crippen LogP contribution in [0.15, 0.2) is 23.0 Å². The van der Waals surface area contributed by atoms with Gasteiger partial charge in [0.15, 0.2) is 5.69 Å². The first kappa shape index (κ1) is 13.5. The Bertz CT molecular complexity index is 578. The molecule has 2 heterocycles. The van der Waals surface area contributed by atoms with Crippen LogP contribution in [0.4, 0.5) is 4.79 Å². The second kappa shape index (κ2) is 6.31. The predicted molar refractivity (Wildman–Crippen MR) is 63.7 cm³/mol. The van der Waals surface area contributed by atoms with Gasteiger partial charge >= 0.3 is 12.0 Å². The Labute approximate surface area is 112 Å². The molecule has 20 heavy (non-hydrogen) atoms. The van der Waals surface area contributed by atoms with Gasteiger partial charge in [0.05, 0.1) is 19.3 Å². The summed E-state index contributed by atoms with van der Waals surface area (Å²) in [7, 11) is 0. The van der Waals surface area contributed by atoms with Crippen LogP contribution in [0.1, 0.15) is 16.2 Å². The van der Waals surface area contributed by atoms with Crippen molar-refractivity contribution >= 4 is 12.0 Å². The van der Waals surface area contributed by atoms with Crippen LogP contribution in [-0.4, -0.2) is 43.8 Å². The fourth-order valence-corrected chi connectivity index (χ4v) is 1.35. The Hall–Kier alpha value is -2.91. The number of hydrogen-bond donors (Lipinski definition) is 3. The van der Waals surface area contributed by atoms with E-state index in [0.29, 0.717) is 12.2 Å². The van der Waals surface area contributed by atoms with Crippen molar-refractivity contribution in [1.29, 1.82) is 0 Å². The third-order valence-electron chi connectivity index (χ3n) is 2.31. The van der Waals surface area contributed by atoms with Gasteiger partial charge in [-0.05, 0) is 0 Å². The van der Waals surface area contributed by atoms with Gasteiger partial charge in [0, 0.05) is 12.6 Å². The first-order valence-corrected chi connectivity index (χ1v) is 5.69. The lowest BCUT2D eigenvalue weighted by atomic mass is 10.4. The highest BCUT2D eigenvalue weighted by Gasteiger charge is 2.08. The zero-order valence-corrected chi connectivity index (χ0v) is 10.3. The van der Waals surface area contributed by atoms with Crippen LogP contribution in [0.25, 0.3) is 0 Å². The molecule has 0 atom stereocenters. The molecule has 0 saturated carbocycles. The number of carbonyl (C=O) groups is 2. The van der Waals surface area contributed by atoms with Crippen molar-refractivity contribution in [2.75, 3.05) is 6.54 Å². The summed E-state index contributed by atoms with van der Waals surface area (Å²) in [5.41, 5.74) is 0.475. The number of carboxylic acids is 1. The molecule has 0 aliphatic heterocycles. The van der Waals surface area contributed by atoms with E-state index >= 15 is 0 Å². The summed E-state index contributed by atoms with van der Waals surface area (Å²) in [6.45, 7) is 0.861. The van der Waals surface area contributed by atoms with Gasteiger partial charge in [-0.3, -0.25) is 0 Å². The summed E-state index contributed by atoms with van der Waals surface area (Å²) in [6.07, 6.45) is 2.71. The molecular formula is C10H12N6O4. The Morgan fingerprint density at radius 2 is 2.25 bits per heavy atom. The van der Waals surface area contributed by atoms with E-state index in [-0.39, 0.29) is 24.8 Å². The second-order valence-electron chi connectivity index (χ2n) is 3.77. The van der Waals surface area contributed by atoms with Crippen molar-refractivity contribution in [3.8, 4) is 0 Å². The number of rotatable bonds is 6. The third kappa shape index (κ3) is 3.80. The van der Waals surface area contributed by atoms with Crippen molar-refractivity contribution in [3.63, 3.8) is 0 Å². The first-order valence-electron chi connectivity index (χ1n) is 5.69. The van der Waals surface area contributed by atoms with Crippen LogP contribution in [0.5, 0.6) is 0 Å². The maximum Gasteiger partial charge on any atom is 0.358 e. The Kier molecular flexibility index (Phi) is 4.27. The Balaban J connectivity index is 1.67. The smallest absolute Gasteiger partial charge is 0.358 e. The topological polar surface area (TPSA) is 135 Å². The molecule has 0 spiro atoms. The van der Waals surface area contributed by atoms with Crippen LogP contribution in [0.3, 0.4) is 0 Å². The third-order valence-corrected chi connectivity index (χ3v) is 2.31. The van der Waals surface area contributed by atoms with Crippen molar-refractivity contribution < 1.29 is 19.2 Å². The van der Waals surface area contributed by atoms with Crippen LogP contribution in [-0.2, 0) is 13.1 Å². The highest BCUT2D eigenvalue weighted by atomic mass is 16.5. The number of carbonyl (C=O) groups excluding carboxylic acids is 1. The van der Waals surface area contributed by atoms with E-state index < -0.39 is 5.97 Å². The standard InChI is InChI=1S/C10H12N6O4/c17-9(18)8-6-16(15-13-8)3-2-11-10(19)12-5-7-1-4-20-14-7/h1,4,6H,2-3,5H2,(H,17,18)(H2,11,12,19). The van der Waals surface area contributed by atoms with Crippen molar-refractivity contribution in [1.82, 2.24) is 30.8 Å². The summed E-state index contributed by atoms with van der Waals surface area (Å²) in [5.74, 6) is -1.14. The van der Waals surface area contributed by atoms with Crippen LogP contribution >= 0.6 is 0 Å². The number of carboxylic acid groups (broad SMARTS) is 1. The van der Waals surface area contributed by atoms with Gasteiger partial charge in [0.2, 0.25) is 0 Å². The summed E-state index contributed by atoms with van der Waals surface area (Å²) in [6, 6.07) is 1.27. The van der Waals surface area contributed by atoms with E-state index in [1.54, 1.807) is 6.07 Å². The number of hydrogen-bond acceptors (Lipinski definition) is 6. The molecule has 0 bridgehead atoms. The van der Waals surface area contributed by atoms with Gasteiger partial charge in [-0.15, -0.1) is 5.10 Å². The highest BCUT2D eigenvalue weighted by Crippen LogP contribution is 1.93. The van der Waals surface area contributed by atoms with Gasteiger partial charge in [-0.2, -0.15) is 0 Å². The number of nitrogens with one attached hydrogen (secondary N) is 2. The van der Waals surface area contributed by atoms with Crippen molar-refractivity contribution in [2.24, 2.45) is 0 Å². The predicted octanol–water partition coefficient (Wildman–Crippen LogP) is -0.536. The molecule has 0 aliphatic carbocycles. The van der Waals surface area contributed by atoms with Crippen molar-refractivity contribution in [2.45, 2.75) is 13.1 Å². The number of urea groups is 1. The van der Waals surface area contributed by atoms with Crippen LogP contribution in [0, 0.1) is 0 Å². The molecule has 0 fully saturated rings. The Morgan fingerprint density at radius 3 is 2.90 bits per heavy atom. The number of aromatic carboxylic acids is 1. The lowest BCUT2D eigenvalue weighted by Gasteiger charge is -2.05. The molecule has 0 saturated heterocycles. The summed E-state index contributed by atoms with van der Waals surface area (Å²) in [4.78, 5) is 22.0. The van der Waals surface area contributed by atoms with E-state index in [1.807, 2.05) is 0 Å². The molecule has 0 radical (unpaired) electrons. The molecule has 2 amide bonds. The fourth-order valence-electron chi connectivity index (χ4n) is 1.35. The summed E-state index contributed by atoms with van der Waals surface area (Å²) < 4.78 is 5.95. The van der Waals surface area contributed by atoms with Gasteiger partial charge < -0.3 is 20.3 Å². The number of aromatic nitrogens is 4. The van der Waals surface area contributed by atoms with Crippen LogP contribution < -0.4 is 10.6 Å². The first-order chi connectivity index (χ1) is 9.65. The minimum absolute atomic E-state index is 0.138. The average Bonchev–Trinajstić information content (AvgIpc) is 3.07. The minimum Gasteiger partial charge on any atom is -0.476 e. The molecule has 0 aliphatic rings. The van der Waals surface area contributed by atoms with Gasteiger partial charge in [0.25, 0.3) is 0 Å². The van der Waals surface area contributed by atoms with E-state index in [1.165, 1.54) is 17.1 Å². The van der Waals surface area contributed by atoms with Gasteiger partial charge in [-0.25, -0.2) is 14.3 Å². The second-order valence-corrected chi connectivity index (χ2v) is 3.77. The Morgan fingerprint density at radius 1 is 1.40 bits per heavy atom. The van der Waals surface area contributed by atoms with E-state index in [0.717, 1.165) is 0 Å². The number of amides is 2. The van der Waals surface area contributed by atoms with Crippen LogP contribution in [0.2, 0.25) is 0 Å². The number of nitrogens with zero attached hydrogens (tertiary/aromatic N) is 4. The quantitative estimate of drug-likeness (QED) is 0.646. The normalized spacial score (nSPS) is 10.2. The zero-order valence-electron chi connectivity index (χ0n) is 10.3. The van der Waals surface area contributed by atoms with E-state index in [4.69, 9.17) is 5.11 Å². The molecule has 2 rings (SSSR count). The molecule has 0 aromatic carbocycles. The molecular weight excluding hydrogens is 268 g/mol. The molecule has 0 unspecified atom stereocenters. The van der Waals surface area contributed by atoms with E-state index in [9.17, 15) is 9.59 Å². The molecule has 2 aromatic heterocycles. The minimum atomic E-state index is -1.14. The van der Waals surface area contributed by atoms with Gasteiger partial charge in [0.1, 0.15) is 12.0 Å². The zero-order chi connectivity index (χ0) is 14.4. The summed E-state index contributed by atoms with van der Waals surface area (Å²) >= 11 is 0. The lowest BCUT2D eigenvalue weighted by Crippen LogP contribution is -2.36. The monoisotopic (exact) mass is 280 g/mol. The molecule has 10 heteroatoms. The molecule has 10 nitrogen and oxygen atoms in total. The largest absolute Gasteiger partial charge is 0.476 e. The van der Waals surface area contributed by atoms with Crippen molar-refractivity contribution in [3.05, 3.63) is 29.9 Å². The van der Waals surface area contributed by atoms with E-state index in [2.05, 4.69) is 30.6 Å². The summed E-state index contributed by atoms with van der Waals surface area (Å²) in [5, 5.41) is 24.5. The lowest BCUT2D eigenvalue weighted by molar-refractivity contribution is 0.0690. The molecule has 2 aromatic rings. The maximum atomic E-state index is 11.4. The van der Waals surface area contributed by atoms with Gasteiger partial charge in [-0.1, -0.05) is 10.4 Å². The molecule has 106 valence electrons.